The van der Waals surface area contributed by atoms with E-state index in [1.165, 1.54) is 24.1 Å². The Balaban J connectivity index is 2.18. The van der Waals surface area contributed by atoms with Crippen LogP contribution in [0.2, 0.25) is 0 Å². The molecule has 3 N–H and O–H groups in total. The van der Waals surface area contributed by atoms with Gasteiger partial charge in [-0.1, -0.05) is 18.2 Å². The van der Waals surface area contributed by atoms with Gasteiger partial charge < -0.3 is 9.73 Å². The van der Waals surface area contributed by atoms with Crippen molar-refractivity contribution in [1.82, 2.24) is 5.48 Å². The molecule has 2 aromatic rings. The lowest BCUT2D eigenvalue weighted by Crippen LogP contribution is -2.15. The fourth-order valence-corrected chi connectivity index (χ4v) is 1.55. The number of carbonyl (C=O) groups is 2. The van der Waals surface area contributed by atoms with Crippen LogP contribution in [0.3, 0.4) is 0 Å². The molecule has 6 heteroatoms. The highest BCUT2D eigenvalue weighted by atomic mass is 16.5. The number of para-hydroxylation sites is 1. The molecule has 102 valence electrons. The fraction of sp³-hybridized carbons (Fsp3) is 0. The van der Waals surface area contributed by atoms with E-state index in [0.29, 0.717) is 16.8 Å². The smallest absolute Gasteiger partial charge is 0.267 e. The molecule has 1 heterocycles. The maximum atomic E-state index is 11.9. The molecule has 0 radical (unpaired) electrons. The molecular weight excluding hydrogens is 260 g/mol. The molecule has 0 atom stereocenters. The van der Waals surface area contributed by atoms with Crippen LogP contribution >= 0.6 is 0 Å². The number of nitrogens with one attached hydrogen (secondary N) is 2. The van der Waals surface area contributed by atoms with Gasteiger partial charge >= 0.3 is 0 Å². The number of hydroxylamine groups is 1. The Hall–Kier alpha value is -2.86. The van der Waals surface area contributed by atoms with Crippen molar-refractivity contribution < 1.29 is 19.2 Å². The summed E-state index contributed by atoms with van der Waals surface area (Å²) in [6.07, 6.45) is 5.39. The second kappa shape index (κ2) is 6.35. The van der Waals surface area contributed by atoms with Gasteiger partial charge in [-0.2, -0.15) is 0 Å². The molecule has 0 aliphatic carbocycles. The van der Waals surface area contributed by atoms with Crippen LogP contribution in [0.4, 0.5) is 5.69 Å². The zero-order chi connectivity index (χ0) is 14.4. The third kappa shape index (κ3) is 3.33. The van der Waals surface area contributed by atoms with Crippen molar-refractivity contribution in [3.63, 3.8) is 0 Å². The van der Waals surface area contributed by atoms with Crippen LogP contribution in [0.15, 0.2) is 53.4 Å². The summed E-state index contributed by atoms with van der Waals surface area (Å²) >= 11 is 0. The fourth-order valence-electron chi connectivity index (χ4n) is 1.55. The molecule has 0 fully saturated rings. The normalized spacial score (nSPS) is 10.4. The first-order chi connectivity index (χ1) is 9.70. The van der Waals surface area contributed by atoms with E-state index in [1.807, 2.05) is 0 Å². The molecule has 0 saturated heterocycles. The second-order valence-electron chi connectivity index (χ2n) is 3.86. The molecule has 2 rings (SSSR count). The van der Waals surface area contributed by atoms with Gasteiger partial charge in [0.2, 0.25) is 0 Å². The van der Waals surface area contributed by atoms with Gasteiger partial charge in [0.15, 0.2) is 0 Å². The molecule has 0 spiro atoms. The van der Waals surface area contributed by atoms with E-state index in [2.05, 4.69) is 5.32 Å². The van der Waals surface area contributed by atoms with Crippen molar-refractivity contribution in [2.45, 2.75) is 0 Å². The lowest BCUT2D eigenvalue weighted by atomic mass is 10.1. The van der Waals surface area contributed by atoms with Crippen molar-refractivity contribution in [3.8, 4) is 0 Å². The number of benzene rings is 1. The van der Waals surface area contributed by atoms with Crippen LogP contribution in [0.25, 0.3) is 6.08 Å². The van der Waals surface area contributed by atoms with Crippen LogP contribution in [0.1, 0.15) is 15.9 Å². The van der Waals surface area contributed by atoms with Crippen molar-refractivity contribution >= 4 is 23.6 Å². The molecule has 6 nitrogen and oxygen atoms in total. The summed E-state index contributed by atoms with van der Waals surface area (Å²) in [5.74, 6) is -0.966. The first-order valence-corrected chi connectivity index (χ1v) is 5.75. The molecule has 1 aromatic heterocycles. The van der Waals surface area contributed by atoms with Crippen molar-refractivity contribution in [1.29, 1.82) is 0 Å². The van der Waals surface area contributed by atoms with Crippen LogP contribution in [0, 0.1) is 0 Å². The van der Waals surface area contributed by atoms with Gasteiger partial charge in [-0.05, 0) is 23.8 Å². The Labute approximate surface area is 114 Å². The lowest BCUT2D eigenvalue weighted by Gasteiger charge is -2.07. The molecular formula is C14H12N2O4. The van der Waals surface area contributed by atoms with Crippen LogP contribution in [0.5, 0.6) is 0 Å². The van der Waals surface area contributed by atoms with E-state index >= 15 is 0 Å². The first-order valence-electron chi connectivity index (χ1n) is 5.75. The van der Waals surface area contributed by atoms with Gasteiger partial charge in [0.25, 0.3) is 11.8 Å². The molecule has 1 aromatic carbocycles. The van der Waals surface area contributed by atoms with E-state index in [0.717, 1.165) is 6.08 Å². The highest BCUT2D eigenvalue weighted by Crippen LogP contribution is 2.17. The average Bonchev–Trinajstić information content (AvgIpc) is 3.00. The summed E-state index contributed by atoms with van der Waals surface area (Å²) in [6, 6.07) is 8.51. The standard InChI is InChI=1S/C14H12N2O4/c17-13(16-19)6-5-10-3-1-2-4-12(10)15-14(18)11-7-8-20-9-11/h1-9,19H,(H,15,18)(H,16,17)/b6-5+. The average molecular weight is 272 g/mol. The molecule has 0 bridgehead atoms. The number of anilines is 1. The highest BCUT2D eigenvalue weighted by Gasteiger charge is 2.08. The minimum absolute atomic E-state index is 0.314. The van der Waals surface area contributed by atoms with Crippen LogP contribution in [-0.4, -0.2) is 17.0 Å². The van der Waals surface area contributed by atoms with Gasteiger partial charge in [0, 0.05) is 11.8 Å². The molecule has 0 aliphatic heterocycles. The topological polar surface area (TPSA) is 91.6 Å². The minimum atomic E-state index is -0.652. The number of carbonyl (C=O) groups excluding carboxylic acids is 2. The van der Waals surface area contributed by atoms with Crippen molar-refractivity contribution in [3.05, 3.63) is 60.1 Å². The first kappa shape index (κ1) is 13.6. The van der Waals surface area contributed by atoms with E-state index < -0.39 is 5.91 Å². The zero-order valence-corrected chi connectivity index (χ0v) is 10.4. The predicted octanol–water partition coefficient (Wildman–Crippen LogP) is 2.05. The van der Waals surface area contributed by atoms with Crippen molar-refractivity contribution in [2.24, 2.45) is 0 Å². The Bertz CT molecular complexity index is 632. The molecule has 0 saturated carbocycles. The lowest BCUT2D eigenvalue weighted by molar-refractivity contribution is -0.124. The van der Waals surface area contributed by atoms with Gasteiger partial charge in [0.05, 0.1) is 11.8 Å². The number of amides is 2. The third-order valence-corrected chi connectivity index (χ3v) is 2.52. The van der Waals surface area contributed by atoms with Gasteiger partial charge in [-0.3, -0.25) is 14.8 Å². The maximum Gasteiger partial charge on any atom is 0.267 e. The summed E-state index contributed by atoms with van der Waals surface area (Å²) in [6.45, 7) is 0. The van der Waals surface area contributed by atoms with Crippen molar-refractivity contribution in [2.75, 3.05) is 5.32 Å². The summed E-state index contributed by atoms with van der Waals surface area (Å²) in [7, 11) is 0. The summed E-state index contributed by atoms with van der Waals surface area (Å²) in [4.78, 5) is 22.9. The van der Waals surface area contributed by atoms with Gasteiger partial charge in [0.1, 0.15) is 6.26 Å². The molecule has 0 unspecified atom stereocenters. The molecule has 2 amide bonds. The summed E-state index contributed by atoms with van der Waals surface area (Å²) in [5, 5.41) is 11.1. The van der Waals surface area contributed by atoms with Gasteiger partial charge in [-0.25, -0.2) is 5.48 Å². The Kier molecular flexibility index (Phi) is 4.31. The van der Waals surface area contributed by atoms with Crippen LogP contribution in [-0.2, 0) is 4.79 Å². The van der Waals surface area contributed by atoms with E-state index in [-0.39, 0.29) is 5.91 Å². The predicted molar refractivity (Wildman–Crippen MR) is 72.1 cm³/mol. The van der Waals surface area contributed by atoms with E-state index in [9.17, 15) is 9.59 Å². The number of hydrogen-bond donors (Lipinski definition) is 3. The second-order valence-corrected chi connectivity index (χ2v) is 3.86. The number of furan rings is 1. The largest absolute Gasteiger partial charge is 0.472 e. The Morgan fingerprint density at radius 2 is 2.00 bits per heavy atom. The van der Waals surface area contributed by atoms with Crippen LogP contribution < -0.4 is 10.8 Å². The zero-order valence-electron chi connectivity index (χ0n) is 10.4. The number of hydrogen-bond acceptors (Lipinski definition) is 4. The maximum absolute atomic E-state index is 11.9. The third-order valence-electron chi connectivity index (χ3n) is 2.52. The molecule has 20 heavy (non-hydrogen) atoms. The quantitative estimate of drug-likeness (QED) is 0.451. The Morgan fingerprint density at radius 3 is 2.70 bits per heavy atom. The Morgan fingerprint density at radius 1 is 1.20 bits per heavy atom. The van der Waals surface area contributed by atoms with E-state index in [4.69, 9.17) is 9.62 Å². The summed E-state index contributed by atoms with van der Waals surface area (Å²) in [5.41, 5.74) is 3.07. The highest BCUT2D eigenvalue weighted by molar-refractivity contribution is 6.05. The van der Waals surface area contributed by atoms with Gasteiger partial charge in [-0.15, -0.1) is 0 Å². The van der Waals surface area contributed by atoms with E-state index in [1.54, 1.807) is 30.3 Å². The molecule has 0 aliphatic rings. The summed E-state index contributed by atoms with van der Waals surface area (Å²) < 4.78 is 4.84. The SMILES string of the molecule is O=C(/C=C/c1ccccc1NC(=O)c1ccoc1)NO. The monoisotopic (exact) mass is 272 g/mol. The number of rotatable bonds is 4. The minimum Gasteiger partial charge on any atom is -0.472 e.